The second kappa shape index (κ2) is 7.19. The highest BCUT2D eigenvalue weighted by molar-refractivity contribution is 6.42. The van der Waals surface area contributed by atoms with Gasteiger partial charge in [-0.15, -0.1) is 0 Å². The van der Waals surface area contributed by atoms with Crippen molar-refractivity contribution in [1.82, 2.24) is 4.90 Å². The number of amides is 1. The lowest BCUT2D eigenvalue weighted by Gasteiger charge is -2.29. The molecule has 1 aromatic carbocycles. The fourth-order valence-corrected chi connectivity index (χ4v) is 3.13. The first-order valence-electron chi connectivity index (χ1n) is 7.66. The molecule has 0 spiro atoms. The predicted molar refractivity (Wildman–Crippen MR) is 92.6 cm³/mol. The van der Waals surface area contributed by atoms with E-state index in [0.29, 0.717) is 23.0 Å². The highest BCUT2D eigenvalue weighted by atomic mass is 35.5. The van der Waals surface area contributed by atoms with Crippen LogP contribution in [0.25, 0.3) is 0 Å². The monoisotopic (exact) mass is 373 g/mol. The third kappa shape index (κ3) is 4.14. The molecule has 0 unspecified atom stereocenters. The summed E-state index contributed by atoms with van der Waals surface area (Å²) in [6.07, 6.45) is 0.0808. The molecule has 0 bridgehead atoms. The van der Waals surface area contributed by atoms with E-state index in [1.807, 2.05) is 6.07 Å². The molecule has 0 aromatic heterocycles. The van der Waals surface area contributed by atoms with Gasteiger partial charge in [0.25, 0.3) is 0 Å². The van der Waals surface area contributed by atoms with Gasteiger partial charge in [0.2, 0.25) is 0 Å². The lowest BCUT2D eigenvalue weighted by atomic mass is 9.92. The van der Waals surface area contributed by atoms with Crippen LogP contribution < -0.4 is 0 Å². The second-order valence-corrected chi connectivity index (χ2v) is 7.52. The van der Waals surface area contributed by atoms with Gasteiger partial charge in [-0.05, 0) is 44.9 Å². The van der Waals surface area contributed by atoms with Crippen molar-refractivity contribution in [2.75, 3.05) is 13.7 Å². The summed E-state index contributed by atoms with van der Waals surface area (Å²) < 4.78 is 10.3. The van der Waals surface area contributed by atoms with E-state index in [4.69, 9.17) is 32.7 Å². The smallest absolute Gasteiger partial charge is 0.411 e. The minimum atomic E-state index is -0.748. The molecule has 132 valence electrons. The van der Waals surface area contributed by atoms with E-state index in [2.05, 4.69) is 0 Å². The van der Waals surface area contributed by atoms with Crippen molar-refractivity contribution in [3.8, 4) is 0 Å². The molecule has 1 heterocycles. The zero-order valence-electron chi connectivity index (χ0n) is 14.1. The quantitative estimate of drug-likeness (QED) is 0.726. The summed E-state index contributed by atoms with van der Waals surface area (Å²) in [5, 5.41) is 0.852. The number of methoxy groups -OCH3 is 1. The Balaban J connectivity index is 2.31. The second-order valence-electron chi connectivity index (χ2n) is 6.71. The van der Waals surface area contributed by atoms with Gasteiger partial charge < -0.3 is 9.47 Å². The van der Waals surface area contributed by atoms with E-state index in [9.17, 15) is 9.59 Å². The average molecular weight is 374 g/mol. The number of rotatable bonds is 2. The number of carbonyl (C=O) groups excluding carboxylic acids is 2. The first kappa shape index (κ1) is 18.9. The van der Waals surface area contributed by atoms with Crippen LogP contribution in [0.4, 0.5) is 4.79 Å². The fourth-order valence-electron chi connectivity index (χ4n) is 2.82. The maximum Gasteiger partial charge on any atom is 0.411 e. The summed E-state index contributed by atoms with van der Waals surface area (Å²) in [6, 6.07) is 4.47. The molecule has 1 aromatic rings. The summed E-state index contributed by atoms with van der Waals surface area (Å²) in [6.45, 7) is 5.75. The molecule has 0 aliphatic carbocycles. The lowest BCUT2D eigenvalue weighted by molar-refractivity contribution is -0.146. The van der Waals surface area contributed by atoms with E-state index >= 15 is 0 Å². The minimum Gasteiger partial charge on any atom is -0.467 e. The van der Waals surface area contributed by atoms with Crippen LogP contribution in [0.1, 0.15) is 38.7 Å². The largest absolute Gasteiger partial charge is 0.467 e. The molecule has 1 aliphatic rings. The molecule has 24 heavy (non-hydrogen) atoms. The standard InChI is InChI=1S/C17H21Cl2NO4/c1-17(2,3)24-16(22)20-8-7-11(14(20)15(21)23-4)10-5-6-12(18)13(19)9-10/h5-6,9,11,14H,7-8H2,1-4H3/t11-,14-/m0/s1. The Morgan fingerprint density at radius 1 is 1.21 bits per heavy atom. The molecule has 1 fully saturated rings. The van der Waals surface area contributed by atoms with E-state index < -0.39 is 23.7 Å². The van der Waals surface area contributed by atoms with Gasteiger partial charge in [0.1, 0.15) is 11.6 Å². The highest BCUT2D eigenvalue weighted by Gasteiger charge is 2.44. The molecule has 2 atom stereocenters. The zero-order valence-corrected chi connectivity index (χ0v) is 15.6. The molecule has 2 rings (SSSR count). The van der Waals surface area contributed by atoms with Crippen LogP contribution in [0.15, 0.2) is 18.2 Å². The summed E-state index contributed by atoms with van der Waals surface area (Å²) in [5.74, 6) is -0.700. The molecule has 1 aliphatic heterocycles. The minimum absolute atomic E-state index is 0.222. The van der Waals surface area contributed by atoms with E-state index in [0.717, 1.165) is 5.56 Å². The van der Waals surface area contributed by atoms with Crippen molar-refractivity contribution >= 4 is 35.3 Å². The molecule has 0 radical (unpaired) electrons. The number of ether oxygens (including phenoxy) is 2. The zero-order chi connectivity index (χ0) is 18.1. The molecule has 0 N–H and O–H groups in total. The van der Waals surface area contributed by atoms with Crippen molar-refractivity contribution in [2.24, 2.45) is 0 Å². The van der Waals surface area contributed by atoms with Crippen LogP contribution in [0.5, 0.6) is 0 Å². The topological polar surface area (TPSA) is 55.8 Å². The number of hydrogen-bond donors (Lipinski definition) is 0. The number of benzene rings is 1. The third-order valence-corrected chi connectivity index (χ3v) is 4.58. The Morgan fingerprint density at radius 3 is 2.42 bits per heavy atom. The summed E-state index contributed by atoms with van der Waals surface area (Å²) >= 11 is 12.0. The van der Waals surface area contributed by atoms with Gasteiger partial charge in [-0.2, -0.15) is 0 Å². The number of nitrogens with zero attached hydrogens (tertiary/aromatic N) is 1. The number of carbonyl (C=O) groups is 2. The molecule has 0 saturated carbocycles. The van der Waals surface area contributed by atoms with Crippen molar-refractivity contribution in [2.45, 2.75) is 44.8 Å². The normalized spacial score (nSPS) is 20.8. The fraction of sp³-hybridized carbons (Fsp3) is 0.529. The van der Waals surface area contributed by atoms with Crippen molar-refractivity contribution < 1.29 is 19.1 Å². The molecule has 7 heteroatoms. The van der Waals surface area contributed by atoms with Gasteiger partial charge in [-0.25, -0.2) is 9.59 Å². The molecular formula is C17H21Cl2NO4. The number of likely N-dealkylation sites (tertiary alicyclic amines) is 1. The number of halogens is 2. The van der Waals surface area contributed by atoms with Crippen LogP contribution >= 0.6 is 23.2 Å². The van der Waals surface area contributed by atoms with Gasteiger partial charge in [0, 0.05) is 12.5 Å². The number of hydrogen-bond acceptors (Lipinski definition) is 4. The van der Waals surface area contributed by atoms with Crippen LogP contribution in [-0.2, 0) is 14.3 Å². The maximum absolute atomic E-state index is 12.4. The highest BCUT2D eigenvalue weighted by Crippen LogP contribution is 2.37. The molecule has 5 nitrogen and oxygen atoms in total. The Bertz CT molecular complexity index is 642. The molecular weight excluding hydrogens is 353 g/mol. The van der Waals surface area contributed by atoms with Crippen LogP contribution in [0.3, 0.4) is 0 Å². The van der Waals surface area contributed by atoms with E-state index in [1.165, 1.54) is 12.0 Å². The summed E-state index contributed by atoms with van der Waals surface area (Å²) in [5.41, 5.74) is 0.199. The Hall–Kier alpha value is -1.46. The Morgan fingerprint density at radius 2 is 1.88 bits per heavy atom. The van der Waals surface area contributed by atoms with Crippen molar-refractivity contribution in [1.29, 1.82) is 0 Å². The number of esters is 1. The van der Waals surface area contributed by atoms with Gasteiger partial charge in [-0.3, -0.25) is 4.90 Å². The van der Waals surface area contributed by atoms with E-state index in [-0.39, 0.29) is 5.92 Å². The third-order valence-electron chi connectivity index (χ3n) is 3.84. The van der Waals surface area contributed by atoms with E-state index in [1.54, 1.807) is 32.9 Å². The van der Waals surface area contributed by atoms with Gasteiger partial charge in [0.15, 0.2) is 0 Å². The van der Waals surface area contributed by atoms with Crippen LogP contribution in [-0.4, -0.2) is 42.3 Å². The summed E-state index contributed by atoms with van der Waals surface area (Å²) in [7, 11) is 1.31. The lowest BCUT2D eigenvalue weighted by Crippen LogP contribution is -2.45. The summed E-state index contributed by atoms with van der Waals surface area (Å²) in [4.78, 5) is 26.2. The Labute approximate surface area is 151 Å². The van der Waals surface area contributed by atoms with Gasteiger partial charge in [0.05, 0.1) is 17.2 Å². The van der Waals surface area contributed by atoms with Gasteiger partial charge >= 0.3 is 12.1 Å². The molecule has 1 saturated heterocycles. The van der Waals surface area contributed by atoms with Gasteiger partial charge in [-0.1, -0.05) is 29.3 Å². The van der Waals surface area contributed by atoms with Crippen LogP contribution in [0.2, 0.25) is 10.0 Å². The maximum atomic E-state index is 12.4. The van der Waals surface area contributed by atoms with Crippen molar-refractivity contribution in [3.63, 3.8) is 0 Å². The predicted octanol–water partition coefficient (Wildman–Crippen LogP) is 4.26. The Kier molecular flexibility index (Phi) is 5.66. The average Bonchev–Trinajstić information content (AvgIpc) is 2.92. The first-order valence-corrected chi connectivity index (χ1v) is 8.42. The van der Waals surface area contributed by atoms with Crippen LogP contribution in [0, 0.1) is 0 Å². The van der Waals surface area contributed by atoms with Crippen molar-refractivity contribution in [3.05, 3.63) is 33.8 Å². The first-order chi connectivity index (χ1) is 11.1. The molecule has 1 amide bonds. The SMILES string of the molecule is COC(=O)[C@@H]1[C@H](c2ccc(Cl)c(Cl)c2)CCN1C(=O)OC(C)(C)C.